The van der Waals surface area contributed by atoms with Crippen molar-refractivity contribution < 1.29 is 67.8 Å². The van der Waals surface area contributed by atoms with Crippen LogP contribution in [0.1, 0.15) is 43.9 Å². The summed E-state index contributed by atoms with van der Waals surface area (Å²) < 4.78 is 150. The van der Waals surface area contributed by atoms with Crippen molar-refractivity contribution in [1.29, 1.82) is 0 Å². The molecule has 4 rings (SSSR count). The molecule has 11 nitrogen and oxygen atoms in total. The van der Waals surface area contributed by atoms with Crippen LogP contribution < -0.4 is 16.0 Å². The van der Waals surface area contributed by atoms with E-state index in [0.29, 0.717) is 5.56 Å². The maximum Gasteiger partial charge on any atom is 0.243 e. The summed E-state index contributed by atoms with van der Waals surface area (Å²) in [4.78, 5) is 56.9. The average Bonchev–Trinajstić information content (AvgIpc) is 3.94. The number of ketones is 1. The number of carbonyl (C=O) groups is 4. The summed E-state index contributed by atoms with van der Waals surface area (Å²) in [5.74, 6) is -30.4. The van der Waals surface area contributed by atoms with Crippen molar-refractivity contribution >= 4 is 23.5 Å². The lowest BCUT2D eigenvalue weighted by atomic mass is 9.92. The van der Waals surface area contributed by atoms with Gasteiger partial charge in [-0.2, -0.15) is 0 Å². The number of rotatable bonds is 17. The normalized spacial score (nSPS) is 16.9. The van der Waals surface area contributed by atoms with E-state index in [-0.39, 0.29) is 25.4 Å². The maximum atomic E-state index is 14.9. The van der Waals surface area contributed by atoms with Gasteiger partial charge in [-0.15, -0.1) is 0 Å². The standard InChI is InChI=1S/C36H32F10N6O5/c1-14(2)9-18(32(53)36(3)13-57-36)48-33(54)19(11-16-22(37)26(41)30(45)27(42)23(16)38)49-34(55)20(12-17-24(39)28(43)31(46)29(44)25(17)40)50-35(56)21(51-52-47)10-15-7-5-4-6-8-15/h4-8,14,18-21H,9-13H2,1-3H3,(H,48,54)(H,49,55)(H,50,56)/t18-,19-,20-,21?,36+/m0/s1. The monoisotopic (exact) mass is 818 g/mol. The number of nitrogens with zero attached hydrogens (tertiary/aromatic N) is 3. The summed E-state index contributed by atoms with van der Waals surface area (Å²) in [5, 5.41) is 9.37. The molecule has 306 valence electrons. The lowest BCUT2D eigenvalue weighted by Gasteiger charge is -2.27. The topological polar surface area (TPSA) is 166 Å². The fraction of sp³-hybridized carbons (Fsp3) is 0.389. The largest absolute Gasteiger partial charge is 0.361 e. The Morgan fingerprint density at radius 2 is 1.05 bits per heavy atom. The predicted molar refractivity (Wildman–Crippen MR) is 178 cm³/mol. The van der Waals surface area contributed by atoms with Crippen LogP contribution >= 0.6 is 0 Å². The number of hydrogen-bond acceptors (Lipinski definition) is 6. The second-order valence-corrected chi connectivity index (χ2v) is 13.6. The summed E-state index contributed by atoms with van der Waals surface area (Å²) in [5.41, 5.74) is 4.79. The molecule has 1 aliphatic heterocycles. The first-order chi connectivity index (χ1) is 26.7. The SMILES string of the molecule is CC(C)C[C@H](NC(=O)[C@H](Cc1c(F)c(F)c(F)c(F)c1F)NC(=O)[C@H](Cc1c(F)c(F)c(F)c(F)c1F)NC(=O)C(Cc1ccccc1)N=[N+]=[N-])C(=O)[C@@]1(C)CO1. The van der Waals surface area contributed by atoms with E-state index in [0.717, 1.165) is 0 Å². The van der Waals surface area contributed by atoms with Crippen LogP contribution in [0.15, 0.2) is 35.4 Å². The molecule has 1 unspecified atom stereocenters. The van der Waals surface area contributed by atoms with Crippen molar-refractivity contribution in [3.63, 3.8) is 0 Å². The molecule has 21 heteroatoms. The Morgan fingerprint density at radius 3 is 1.44 bits per heavy atom. The maximum absolute atomic E-state index is 14.9. The molecule has 3 aromatic rings. The third-order valence-corrected chi connectivity index (χ3v) is 8.89. The van der Waals surface area contributed by atoms with Gasteiger partial charge in [0, 0.05) is 28.9 Å². The number of epoxide rings is 1. The van der Waals surface area contributed by atoms with Crippen molar-refractivity contribution in [1.82, 2.24) is 16.0 Å². The number of carbonyl (C=O) groups excluding carboxylic acids is 4. The van der Waals surface area contributed by atoms with Crippen molar-refractivity contribution in [2.24, 2.45) is 11.0 Å². The Labute approximate surface area is 316 Å². The molecule has 3 aromatic carbocycles. The summed E-state index contributed by atoms with van der Waals surface area (Å²) in [6.45, 7) is 4.56. The molecular weight excluding hydrogens is 786 g/mol. The van der Waals surface area contributed by atoms with Crippen molar-refractivity contribution in [2.45, 2.75) is 76.2 Å². The summed E-state index contributed by atoms with van der Waals surface area (Å²) in [6.07, 6.45) is -3.61. The van der Waals surface area contributed by atoms with Crippen LogP contribution in [-0.4, -0.2) is 59.9 Å². The van der Waals surface area contributed by atoms with Gasteiger partial charge in [-0.05, 0) is 36.8 Å². The Kier molecular flexibility index (Phi) is 13.9. The minimum absolute atomic E-state index is 0.0683. The Bertz CT molecular complexity index is 2060. The molecule has 3 N–H and O–H groups in total. The van der Waals surface area contributed by atoms with Crippen LogP contribution in [0.2, 0.25) is 0 Å². The number of nitrogens with one attached hydrogen (secondary N) is 3. The molecular formula is C36H32F10N6O5. The van der Waals surface area contributed by atoms with E-state index in [9.17, 15) is 63.1 Å². The molecule has 0 bridgehead atoms. The van der Waals surface area contributed by atoms with Gasteiger partial charge in [0.15, 0.2) is 52.3 Å². The predicted octanol–water partition coefficient (Wildman–Crippen LogP) is 5.64. The van der Waals surface area contributed by atoms with Crippen LogP contribution in [0.5, 0.6) is 0 Å². The van der Waals surface area contributed by atoms with Crippen molar-refractivity contribution in [2.75, 3.05) is 6.61 Å². The van der Waals surface area contributed by atoms with E-state index in [4.69, 9.17) is 10.3 Å². The molecule has 1 saturated heterocycles. The first-order valence-electron chi connectivity index (χ1n) is 16.9. The van der Waals surface area contributed by atoms with Gasteiger partial charge >= 0.3 is 0 Å². The highest BCUT2D eigenvalue weighted by molar-refractivity contribution is 5.98. The molecule has 1 heterocycles. The molecule has 57 heavy (non-hydrogen) atoms. The Balaban J connectivity index is 1.79. The van der Waals surface area contributed by atoms with Gasteiger partial charge in [0.05, 0.1) is 12.6 Å². The zero-order chi connectivity index (χ0) is 42.5. The number of ether oxygens (including phenoxy) is 1. The van der Waals surface area contributed by atoms with Crippen LogP contribution in [0.4, 0.5) is 43.9 Å². The molecule has 0 aromatic heterocycles. The van der Waals surface area contributed by atoms with Gasteiger partial charge in [-0.3, -0.25) is 19.2 Å². The number of hydrogen-bond donors (Lipinski definition) is 3. The molecule has 0 saturated carbocycles. The van der Waals surface area contributed by atoms with Crippen LogP contribution in [0, 0.1) is 64.1 Å². The number of amides is 3. The molecule has 1 fully saturated rings. The molecule has 0 spiro atoms. The highest BCUT2D eigenvalue weighted by Crippen LogP contribution is 2.30. The molecule has 3 amide bonds. The average molecular weight is 819 g/mol. The van der Waals surface area contributed by atoms with Gasteiger partial charge in [0.2, 0.25) is 29.4 Å². The Morgan fingerprint density at radius 1 is 0.667 bits per heavy atom. The lowest BCUT2D eigenvalue weighted by Crippen LogP contribution is -2.58. The van der Waals surface area contributed by atoms with E-state index >= 15 is 0 Å². The summed E-state index contributed by atoms with van der Waals surface area (Å²) in [7, 11) is 0. The fourth-order valence-electron chi connectivity index (χ4n) is 5.71. The van der Waals surface area contributed by atoms with Crippen LogP contribution in [0.25, 0.3) is 10.4 Å². The number of benzene rings is 3. The van der Waals surface area contributed by atoms with Crippen LogP contribution in [0.3, 0.4) is 0 Å². The van der Waals surface area contributed by atoms with E-state index in [1.54, 1.807) is 19.9 Å². The van der Waals surface area contributed by atoms with Gasteiger partial charge in [-0.1, -0.05) is 49.3 Å². The third kappa shape index (κ3) is 10.0. The van der Waals surface area contributed by atoms with Crippen molar-refractivity contribution in [3.05, 3.63) is 116 Å². The van der Waals surface area contributed by atoms with E-state index in [1.165, 1.54) is 31.2 Å². The second kappa shape index (κ2) is 18.1. The zero-order valence-electron chi connectivity index (χ0n) is 30.0. The smallest absolute Gasteiger partial charge is 0.243 e. The molecule has 0 aliphatic carbocycles. The quantitative estimate of drug-likeness (QED) is 0.0305. The molecule has 5 atom stereocenters. The number of Topliss-reactive ketones (excluding diaryl/α,β-unsaturated/α-hetero) is 1. The highest BCUT2D eigenvalue weighted by Gasteiger charge is 2.50. The number of azide groups is 1. The van der Waals surface area contributed by atoms with Crippen LogP contribution in [-0.2, 0) is 43.2 Å². The van der Waals surface area contributed by atoms with E-state index in [2.05, 4.69) is 15.3 Å². The van der Waals surface area contributed by atoms with E-state index in [1.807, 2.05) is 10.6 Å². The van der Waals surface area contributed by atoms with E-state index < -0.39 is 135 Å². The fourth-order valence-corrected chi connectivity index (χ4v) is 5.71. The number of halogens is 10. The molecule has 0 radical (unpaired) electrons. The minimum Gasteiger partial charge on any atom is -0.361 e. The second-order valence-electron chi connectivity index (χ2n) is 13.6. The highest BCUT2D eigenvalue weighted by atomic mass is 19.2. The summed E-state index contributed by atoms with van der Waals surface area (Å²) >= 11 is 0. The third-order valence-electron chi connectivity index (χ3n) is 8.89. The van der Waals surface area contributed by atoms with Gasteiger partial charge in [-0.25, -0.2) is 43.9 Å². The molecule has 1 aliphatic rings. The lowest BCUT2D eigenvalue weighted by molar-refractivity contribution is -0.134. The first-order valence-corrected chi connectivity index (χ1v) is 16.9. The first kappa shape index (κ1) is 44.0. The summed E-state index contributed by atoms with van der Waals surface area (Å²) in [6, 6.07) is -0.456. The minimum atomic E-state index is -2.58. The van der Waals surface area contributed by atoms with Gasteiger partial charge < -0.3 is 20.7 Å². The van der Waals surface area contributed by atoms with Gasteiger partial charge in [0.1, 0.15) is 23.7 Å². The van der Waals surface area contributed by atoms with Crippen molar-refractivity contribution in [3.8, 4) is 0 Å². The van der Waals surface area contributed by atoms with Gasteiger partial charge in [0.25, 0.3) is 0 Å². The zero-order valence-corrected chi connectivity index (χ0v) is 30.0. The Hall–Kier alpha value is -5.69.